The molecule has 0 bridgehead atoms. The number of nitrogens with two attached hydrogens (primary N) is 1. The van der Waals surface area contributed by atoms with E-state index in [2.05, 4.69) is 10.6 Å². The van der Waals surface area contributed by atoms with Gasteiger partial charge in [-0.15, -0.1) is 0 Å². The lowest BCUT2D eigenvalue weighted by Gasteiger charge is -2.42. The molecule has 9 heteroatoms. The van der Waals surface area contributed by atoms with E-state index in [1.54, 1.807) is 48.5 Å². The van der Waals surface area contributed by atoms with E-state index in [9.17, 15) is 13.2 Å². The molecule has 1 unspecified atom stereocenters. The third-order valence-electron chi connectivity index (χ3n) is 5.52. The SMILES string of the molecule is COc1ccccc1C(=O)NC(c1ccccc1OC)(C1CCNCC1)S(N)(=O)=O. The van der Waals surface area contributed by atoms with Crippen LogP contribution in [0.3, 0.4) is 0 Å². The molecule has 1 heterocycles. The maximum atomic E-state index is 13.3. The Bertz CT molecular complexity index is 1010. The number of benzene rings is 2. The van der Waals surface area contributed by atoms with Crippen molar-refractivity contribution < 1.29 is 22.7 Å². The third-order valence-corrected chi connectivity index (χ3v) is 7.07. The molecular formula is C21H27N3O5S. The lowest BCUT2D eigenvalue weighted by atomic mass is 9.84. The number of piperidine rings is 1. The molecule has 162 valence electrons. The van der Waals surface area contributed by atoms with E-state index in [0.717, 1.165) is 0 Å². The second kappa shape index (κ2) is 9.03. The second-order valence-corrected chi connectivity index (χ2v) is 8.89. The average Bonchev–Trinajstić information content (AvgIpc) is 2.77. The number of carbonyl (C=O) groups is 1. The number of sulfonamides is 1. The van der Waals surface area contributed by atoms with Crippen LogP contribution in [-0.4, -0.2) is 41.6 Å². The van der Waals surface area contributed by atoms with Gasteiger partial charge in [0.2, 0.25) is 10.0 Å². The molecule has 4 N–H and O–H groups in total. The number of para-hydroxylation sites is 2. The van der Waals surface area contributed by atoms with Gasteiger partial charge in [0.25, 0.3) is 5.91 Å². The topological polar surface area (TPSA) is 120 Å². The highest BCUT2D eigenvalue weighted by Gasteiger charge is 2.53. The molecule has 0 spiro atoms. The Morgan fingerprint density at radius 1 is 1.03 bits per heavy atom. The van der Waals surface area contributed by atoms with Crippen molar-refractivity contribution in [1.82, 2.24) is 10.6 Å². The Balaban J connectivity index is 2.21. The van der Waals surface area contributed by atoms with Crippen LogP contribution in [-0.2, 0) is 14.9 Å². The van der Waals surface area contributed by atoms with Crippen molar-refractivity contribution in [1.29, 1.82) is 0 Å². The predicted molar refractivity (Wildman–Crippen MR) is 114 cm³/mol. The molecule has 1 aliphatic heterocycles. The molecule has 2 aromatic carbocycles. The minimum absolute atomic E-state index is 0.219. The summed E-state index contributed by atoms with van der Waals surface area (Å²) in [7, 11) is -1.41. The summed E-state index contributed by atoms with van der Waals surface area (Å²) < 4.78 is 37.1. The Morgan fingerprint density at radius 3 is 2.20 bits per heavy atom. The van der Waals surface area contributed by atoms with Crippen LogP contribution < -0.4 is 25.2 Å². The summed E-state index contributed by atoms with van der Waals surface area (Å²) in [6.45, 7) is 1.23. The van der Waals surface area contributed by atoms with Gasteiger partial charge in [-0.3, -0.25) is 4.79 Å². The smallest absolute Gasteiger partial charge is 0.256 e. The fraction of sp³-hybridized carbons (Fsp3) is 0.381. The Morgan fingerprint density at radius 2 is 1.60 bits per heavy atom. The van der Waals surface area contributed by atoms with Crippen molar-refractivity contribution in [3.8, 4) is 11.5 Å². The molecule has 2 aromatic rings. The Labute approximate surface area is 176 Å². The van der Waals surface area contributed by atoms with Crippen LogP contribution in [0.15, 0.2) is 48.5 Å². The average molecular weight is 434 g/mol. The molecule has 1 saturated heterocycles. The standard InChI is InChI=1S/C21H27N3O5S/c1-28-18-9-5-3-7-16(18)20(25)24-21(30(22,26)27,15-11-13-23-14-12-15)17-8-4-6-10-19(17)29-2/h3-10,15,23H,11-14H2,1-2H3,(H,24,25)(H2,22,26,27). The van der Waals surface area contributed by atoms with Gasteiger partial charge in [-0.25, -0.2) is 13.6 Å². The highest BCUT2D eigenvalue weighted by atomic mass is 32.2. The van der Waals surface area contributed by atoms with Gasteiger partial charge in [-0.05, 0) is 44.1 Å². The number of ether oxygens (including phenoxy) is 2. The van der Waals surface area contributed by atoms with Gasteiger partial charge in [-0.2, -0.15) is 0 Å². The number of methoxy groups -OCH3 is 2. The van der Waals surface area contributed by atoms with E-state index in [-0.39, 0.29) is 5.56 Å². The van der Waals surface area contributed by atoms with Gasteiger partial charge >= 0.3 is 0 Å². The van der Waals surface area contributed by atoms with Crippen LogP contribution in [0.25, 0.3) is 0 Å². The number of nitrogens with one attached hydrogen (secondary N) is 2. The van der Waals surface area contributed by atoms with Crippen LogP contribution in [0.1, 0.15) is 28.8 Å². The number of rotatable bonds is 7. The summed E-state index contributed by atoms with van der Waals surface area (Å²) in [6, 6.07) is 13.4. The largest absolute Gasteiger partial charge is 0.496 e. The molecule has 0 radical (unpaired) electrons. The van der Waals surface area contributed by atoms with Crippen molar-refractivity contribution >= 4 is 15.9 Å². The fourth-order valence-corrected chi connectivity index (χ4v) is 5.50. The van der Waals surface area contributed by atoms with Gasteiger partial charge in [0.15, 0.2) is 4.87 Å². The van der Waals surface area contributed by atoms with Crippen LogP contribution in [0.4, 0.5) is 0 Å². The molecule has 3 rings (SSSR count). The maximum Gasteiger partial charge on any atom is 0.256 e. The quantitative estimate of drug-likeness (QED) is 0.610. The first-order chi connectivity index (χ1) is 14.3. The highest BCUT2D eigenvalue weighted by Crippen LogP contribution is 2.43. The second-order valence-electron chi connectivity index (χ2n) is 7.16. The maximum absolute atomic E-state index is 13.3. The summed E-state index contributed by atoms with van der Waals surface area (Å²) in [5.74, 6) is -0.372. The molecular weight excluding hydrogens is 406 g/mol. The summed E-state index contributed by atoms with van der Waals surface area (Å²) >= 11 is 0. The first-order valence-corrected chi connectivity index (χ1v) is 11.2. The van der Waals surface area contributed by atoms with Gasteiger partial charge in [0.1, 0.15) is 11.5 Å². The number of primary sulfonamides is 1. The molecule has 0 aliphatic carbocycles. The molecule has 0 aromatic heterocycles. The lowest BCUT2D eigenvalue weighted by molar-refractivity contribution is 0.0885. The van der Waals surface area contributed by atoms with Crippen LogP contribution >= 0.6 is 0 Å². The van der Waals surface area contributed by atoms with E-state index < -0.39 is 26.7 Å². The first-order valence-electron chi connectivity index (χ1n) is 9.67. The van der Waals surface area contributed by atoms with Crippen LogP contribution in [0.2, 0.25) is 0 Å². The van der Waals surface area contributed by atoms with E-state index in [0.29, 0.717) is 43.0 Å². The third kappa shape index (κ3) is 4.00. The summed E-state index contributed by atoms with van der Waals surface area (Å²) in [5, 5.41) is 11.9. The van der Waals surface area contributed by atoms with Gasteiger partial charge in [0, 0.05) is 11.5 Å². The van der Waals surface area contributed by atoms with Gasteiger partial charge in [-0.1, -0.05) is 30.3 Å². The number of hydrogen-bond donors (Lipinski definition) is 3. The fourth-order valence-electron chi connectivity index (χ4n) is 4.09. The summed E-state index contributed by atoms with van der Waals surface area (Å²) in [4.78, 5) is 11.5. The Hall–Kier alpha value is -2.62. The van der Waals surface area contributed by atoms with Gasteiger partial charge < -0.3 is 20.1 Å². The van der Waals surface area contributed by atoms with E-state index >= 15 is 0 Å². The van der Waals surface area contributed by atoms with Crippen molar-refractivity contribution in [2.24, 2.45) is 11.1 Å². The Kier molecular flexibility index (Phi) is 6.64. The van der Waals surface area contributed by atoms with E-state index in [1.807, 2.05) is 0 Å². The van der Waals surface area contributed by atoms with Crippen LogP contribution in [0, 0.1) is 5.92 Å². The number of hydrogen-bond acceptors (Lipinski definition) is 6. The molecule has 8 nitrogen and oxygen atoms in total. The van der Waals surface area contributed by atoms with Crippen molar-refractivity contribution in [2.45, 2.75) is 17.7 Å². The minimum atomic E-state index is -4.31. The van der Waals surface area contributed by atoms with E-state index in [1.165, 1.54) is 14.2 Å². The summed E-state index contributed by atoms with van der Waals surface area (Å²) in [6.07, 6.45) is 1.03. The van der Waals surface area contributed by atoms with Crippen LogP contribution in [0.5, 0.6) is 11.5 Å². The number of carbonyl (C=O) groups excluding carboxylic acids is 1. The predicted octanol–water partition coefficient (Wildman–Crippen LogP) is 1.57. The minimum Gasteiger partial charge on any atom is -0.496 e. The molecule has 1 fully saturated rings. The van der Waals surface area contributed by atoms with Gasteiger partial charge in [0.05, 0.1) is 19.8 Å². The monoisotopic (exact) mass is 433 g/mol. The summed E-state index contributed by atoms with van der Waals surface area (Å²) in [5.41, 5.74) is 0.530. The molecule has 1 amide bonds. The van der Waals surface area contributed by atoms with Crippen molar-refractivity contribution in [3.05, 3.63) is 59.7 Å². The zero-order chi connectivity index (χ0) is 21.8. The van der Waals surface area contributed by atoms with Crippen molar-refractivity contribution in [3.63, 3.8) is 0 Å². The normalized spacial score (nSPS) is 17.0. The molecule has 1 aliphatic rings. The zero-order valence-corrected chi connectivity index (χ0v) is 17.9. The molecule has 0 saturated carbocycles. The first kappa shape index (κ1) is 22.1. The highest BCUT2D eigenvalue weighted by molar-refractivity contribution is 7.90. The number of amides is 1. The molecule has 30 heavy (non-hydrogen) atoms. The van der Waals surface area contributed by atoms with Crippen molar-refractivity contribution in [2.75, 3.05) is 27.3 Å². The molecule has 1 atom stereocenters. The lowest BCUT2D eigenvalue weighted by Crippen LogP contribution is -2.60. The zero-order valence-electron chi connectivity index (χ0n) is 17.1. The van der Waals surface area contributed by atoms with E-state index in [4.69, 9.17) is 14.6 Å².